The molecule has 2 aliphatic heterocycles. The number of hydrogen-bond acceptors (Lipinski definition) is 5. The highest BCUT2D eigenvalue weighted by atomic mass is 16.7. The summed E-state index contributed by atoms with van der Waals surface area (Å²) in [5.74, 6) is -1.59. The summed E-state index contributed by atoms with van der Waals surface area (Å²) < 4.78 is 11.8. The summed E-state index contributed by atoms with van der Waals surface area (Å²) >= 11 is 0. The second kappa shape index (κ2) is 11.7. The molecule has 8 nitrogen and oxygen atoms in total. The van der Waals surface area contributed by atoms with E-state index < -0.39 is 17.9 Å². The SMILES string of the molecule is COC1(OC)CN(C(=O)c2ccccc2)C2CCN(C(=O)C(CC(C)C)NC(=O)c3ccc(C(C)(C)C)cc3)C21. The second-order valence-corrected chi connectivity index (χ2v) is 12.3. The van der Waals surface area contributed by atoms with E-state index in [1.54, 1.807) is 36.2 Å². The van der Waals surface area contributed by atoms with Crippen molar-refractivity contribution in [2.75, 3.05) is 27.3 Å². The minimum atomic E-state index is -1.17. The fourth-order valence-corrected chi connectivity index (χ4v) is 6.01. The summed E-state index contributed by atoms with van der Waals surface area (Å²) in [6.45, 7) is 11.1. The van der Waals surface area contributed by atoms with Crippen LogP contribution in [0.5, 0.6) is 0 Å². The van der Waals surface area contributed by atoms with Gasteiger partial charge < -0.3 is 24.6 Å². The van der Waals surface area contributed by atoms with Gasteiger partial charge in [-0.05, 0) is 54.0 Å². The first-order valence-electron chi connectivity index (χ1n) is 14.1. The van der Waals surface area contributed by atoms with Crippen LogP contribution in [0.25, 0.3) is 0 Å². The van der Waals surface area contributed by atoms with E-state index in [0.29, 0.717) is 30.5 Å². The molecule has 0 bridgehead atoms. The molecule has 216 valence electrons. The topological polar surface area (TPSA) is 88.2 Å². The van der Waals surface area contributed by atoms with Crippen LogP contribution in [0.1, 0.15) is 73.7 Å². The van der Waals surface area contributed by atoms with Gasteiger partial charge in [-0.2, -0.15) is 0 Å². The van der Waals surface area contributed by atoms with Crippen LogP contribution >= 0.6 is 0 Å². The predicted octanol–water partition coefficient (Wildman–Crippen LogP) is 4.24. The Morgan fingerprint density at radius 2 is 1.57 bits per heavy atom. The summed E-state index contributed by atoms with van der Waals surface area (Å²) in [5, 5.41) is 3.01. The van der Waals surface area contributed by atoms with Crippen LogP contribution in [0, 0.1) is 5.92 Å². The van der Waals surface area contributed by atoms with Gasteiger partial charge in [-0.25, -0.2) is 0 Å². The monoisotopic (exact) mass is 549 g/mol. The molecule has 0 spiro atoms. The van der Waals surface area contributed by atoms with E-state index in [9.17, 15) is 14.4 Å². The largest absolute Gasteiger partial charge is 0.350 e. The number of fused-ring (bicyclic) bond motifs is 1. The number of carbonyl (C=O) groups is 3. The molecule has 2 saturated heterocycles. The maximum Gasteiger partial charge on any atom is 0.254 e. The molecule has 3 amide bonds. The van der Waals surface area contributed by atoms with Crippen molar-refractivity contribution in [1.29, 1.82) is 0 Å². The maximum absolute atomic E-state index is 14.1. The van der Waals surface area contributed by atoms with E-state index in [2.05, 4.69) is 26.1 Å². The standard InChI is InChI=1S/C32H43N3O5/c1-21(2)19-25(33-28(36)22-13-15-24(16-14-22)31(3,4)5)30(38)34-18-17-26-27(34)32(39-6,40-7)20-35(26)29(37)23-11-9-8-10-12-23/h8-16,21,25-27H,17-20H2,1-7H3,(H,33,36). The molecule has 2 aromatic rings. The van der Waals surface area contributed by atoms with Crippen molar-refractivity contribution in [2.24, 2.45) is 5.92 Å². The molecular weight excluding hydrogens is 506 g/mol. The van der Waals surface area contributed by atoms with Gasteiger partial charge in [-0.1, -0.05) is 65.0 Å². The molecule has 2 aliphatic rings. The lowest BCUT2D eigenvalue weighted by atomic mass is 9.86. The van der Waals surface area contributed by atoms with Gasteiger partial charge >= 0.3 is 0 Å². The Balaban J connectivity index is 1.58. The van der Waals surface area contributed by atoms with E-state index in [-0.39, 0.29) is 41.6 Å². The number of rotatable bonds is 8. The smallest absolute Gasteiger partial charge is 0.254 e. The normalized spacial score (nSPS) is 20.9. The number of benzene rings is 2. The van der Waals surface area contributed by atoms with Gasteiger partial charge in [-0.15, -0.1) is 0 Å². The van der Waals surface area contributed by atoms with Gasteiger partial charge in [0.1, 0.15) is 12.1 Å². The van der Waals surface area contributed by atoms with E-state index in [4.69, 9.17) is 9.47 Å². The average molecular weight is 550 g/mol. The predicted molar refractivity (Wildman–Crippen MR) is 154 cm³/mol. The number of likely N-dealkylation sites (tertiary alicyclic amines) is 2. The zero-order valence-corrected chi connectivity index (χ0v) is 24.8. The van der Waals surface area contributed by atoms with Crippen LogP contribution in [0.2, 0.25) is 0 Å². The summed E-state index contributed by atoms with van der Waals surface area (Å²) in [7, 11) is 3.10. The highest BCUT2D eigenvalue weighted by Gasteiger charge is 2.61. The zero-order valence-electron chi connectivity index (χ0n) is 24.8. The zero-order chi connectivity index (χ0) is 29.2. The van der Waals surface area contributed by atoms with Gasteiger partial charge in [-0.3, -0.25) is 14.4 Å². The number of nitrogens with zero attached hydrogens (tertiary/aromatic N) is 2. The van der Waals surface area contributed by atoms with Crippen LogP contribution in [0.3, 0.4) is 0 Å². The number of methoxy groups -OCH3 is 2. The molecule has 2 fully saturated rings. The second-order valence-electron chi connectivity index (χ2n) is 12.3. The molecule has 0 aromatic heterocycles. The van der Waals surface area contributed by atoms with Gasteiger partial charge in [0.25, 0.3) is 11.8 Å². The van der Waals surface area contributed by atoms with E-state index >= 15 is 0 Å². The van der Waals surface area contributed by atoms with Crippen LogP contribution in [-0.4, -0.2) is 78.7 Å². The van der Waals surface area contributed by atoms with Crippen molar-refractivity contribution >= 4 is 17.7 Å². The quantitative estimate of drug-likeness (QED) is 0.498. The summed E-state index contributed by atoms with van der Waals surface area (Å²) in [6, 6.07) is 15.2. The number of nitrogens with one attached hydrogen (secondary N) is 1. The molecule has 0 saturated carbocycles. The fourth-order valence-electron chi connectivity index (χ4n) is 6.01. The first-order valence-corrected chi connectivity index (χ1v) is 14.1. The van der Waals surface area contributed by atoms with E-state index in [0.717, 1.165) is 5.56 Å². The lowest BCUT2D eigenvalue weighted by Crippen LogP contribution is -2.58. The molecule has 1 N–H and O–H groups in total. The third kappa shape index (κ3) is 5.79. The van der Waals surface area contributed by atoms with Gasteiger partial charge in [0.15, 0.2) is 0 Å². The summed E-state index contributed by atoms with van der Waals surface area (Å²) in [4.78, 5) is 44.5. The lowest BCUT2D eigenvalue weighted by molar-refractivity contribution is -0.222. The Morgan fingerprint density at radius 3 is 2.12 bits per heavy atom. The third-order valence-electron chi connectivity index (χ3n) is 8.19. The Hall–Kier alpha value is -3.23. The number of carbonyl (C=O) groups excluding carboxylic acids is 3. The number of amides is 3. The minimum absolute atomic E-state index is 0.0241. The van der Waals surface area contributed by atoms with Gasteiger partial charge in [0, 0.05) is 31.9 Å². The molecule has 40 heavy (non-hydrogen) atoms. The molecule has 0 radical (unpaired) electrons. The molecular formula is C32H43N3O5. The highest BCUT2D eigenvalue weighted by Crippen LogP contribution is 2.41. The first kappa shape index (κ1) is 29.7. The number of ether oxygens (including phenoxy) is 2. The van der Waals surface area contributed by atoms with Gasteiger partial charge in [0.05, 0.1) is 12.6 Å². The third-order valence-corrected chi connectivity index (χ3v) is 8.19. The Labute approximate surface area is 238 Å². The van der Waals surface area contributed by atoms with Crippen molar-refractivity contribution in [3.8, 4) is 0 Å². The summed E-state index contributed by atoms with van der Waals surface area (Å²) in [6.07, 6.45) is 1.08. The Bertz CT molecular complexity index is 1200. The van der Waals surface area contributed by atoms with Crippen molar-refractivity contribution < 1.29 is 23.9 Å². The summed E-state index contributed by atoms with van der Waals surface area (Å²) in [5.41, 5.74) is 2.20. The molecule has 2 heterocycles. The maximum atomic E-state index is 14.1. The highest BCUT2D eigenvalue weighted by molar-refractivity contribution is 5.98. The lowest BCUT2D eigenvalue weighted by Gasteiger charge is -2.38. The van der Waals surface area contributed by atoms with Crippen molar-refractivity contribution in [2.45, 2.75) is 76.8 Å². The molecule has 4 rings (SSSR count). The Kier molecular flexibility index (Phi) is 8.71. The Morgan fingerprint density at radius 1 is 0.950 bits per heavy atom. The van der Waals surface area contributed by atoms with E-state index in [1.165, 1.54) is 0 Å². The van der Waals surface area contributed by atoms with Crippen molar-refractivity contribution in [3.05, 3.63) is 71.3 Å². The van der Waals surface area contributed by atoms with Crippen LogP contribution in [0.15, 0.2) is 54.6 Å². The van der Waals surface area contributed by atoms with Crippen molar-refractivity contribution in [1.82, 2.24) is 15.1 Å². The first-order chi connectivity index (χ1) is 18.9. The van der Waals surface area contributed by atoms with Gasteiger partial charge in [0.2, 0.25) is 11.7 Å². The minimum Gasteiger partial charge on any atom is -0.350 e. The van der Waals surface area contributed by atoms with Crippen LogP contribution in [-0.2, 0) is 19.7 Å². The molecule has 3 atom stereocenters. The molecule has 3 unspecified atom stereocenters. The van der Waals surface area contributed by atoms with Crippen LogP contribution < -0.4 is 5.32 Å². The number of hydrogen-bond donors (Lipinski definition) is 1. The average Bonchev–Trinajstić information content (AvgIpc) is 3.51. The fraction of sp³-hybridized carbons (Fsp3) is 0.531. The molecule has 8 heteroatoms. The molecule has 2 aromatic carbocycles. The molecule has 0 aliphatic carbocycles. The van der Waals surface area contributed by atoms with E-state index in [1.807, 2.05) is 56.3 Å². The van der Waals surface area contributed by atoms with Crippen LogP contribution in [0.4, 0.5) is 0 Å². The van der Waals surface area contributed by atoms with Crippen molar-refractivity contribution in [3.63, 3.8) is 0 Å².